The van der Waals surface area contributed by atoms with Crippen LogP contribution in [0.3, 0.4) is 0 Å². The molecule has 3 unspecified atom stereocenters. The second kappa shape index (κ2) is 10.9. The number of likely N-dealkylation sites (tertiary alicyclic amines) is 1. The first-order valence-electron chi connectivity index (χ1n) is 10.6. The lowest BCUT2D eigenvalue weighted by atomic mass is 10.0. The lowest BCUT2D eigenvalue weighted by Gasteiger charge is -2.31. The van der Waals surface area contributed by atoms with E-state index in [2.05, 4.69) is 5.32 Å². The molecule has 2 aromatic carbocycles. The van der Waals surface area contributed by atoms with Gasteiger partial charge in [-0.2, -0.15) is 0 Å². The van der Waals surface area contributed by atoms with Crippen molar-refractivity contribution in [1.82, 2.24) is 10.2 Å². The Kier molecular flexibility index (Phi) is 7.99. The van der Waals surface area contributed by atoms with Crippen LogP contribution >= 0.6 is 0 Å². The fraction of sp³-hybridized carbons (Fsp3) is 0.417. The van der Waals surface area contributed by atoms with Crippen LogP contribution < -0.4 is 5.32 Å². The van der Waals surface area contributed by atoms with Gasteiger partial charge in [0.05, 0.1) is 6.54 Å². The highest BCUT2D eigenvalue weighted by Crippen LogP contribution is 2.30. The SMILES string of the molecule is O=C(O)CN1CC(NC(CCc2ccccc2)C(=O)O)CCCC1c1ccccc1. The molecule has 1 fully saturated rings. The molecule has 30 heavy (non-hydrogen) atoms. The van der Waals surface area contributed by atoms with Crippen LogP contribution in [-0.4, -0.2) is 52.2 Å². The molecule has 0 saturated carbocycles. The first kappa shape index (κ1) is 22.0. The van der Waals surface area contributed by atoms with Gasteiger partial charge in [0, 0.05) is 18.6 Å². The smallest absolute Gasteiger partial charge is 0.320 e. The van der Waals surface area contributed by atoms with E-state index in [0.717, 1.165) is 30.4 Å². The molecular formula is C24H30N2O4. The minimum Gasteiger partial charge on any atom is -0.480 e. The van der Waals surface area contributed by atoms with E-state index in [1.807, 2.05) is 65.6 Å². The normalized spacial score (nSPS) is 20.9. The number of aliphatic carboxylic acids is 2. The lowest BCUT2D eigenvalue weighted by Crippen LogP contribution is -2.49. The van der Waals surface area contributed by atoms with Gasteiger partial charge in [-0.25, -0.2) is 0 Å². The van der Waals surface area contributed by atoms with Gasteiger partial charge in [0.1, 0.15) is 6.04 Å². The molecule has 1 aliphatic rings. The van der Waals surface area contributed by atoms with Crippen molar-refractivity contribution in [3.63, 3.8) is 0 Å². The summed E-state index contributed by atoms with van der Waals surface area (Å²) in [4.78, 5) is 25.3. The van der Waals surface area contributed by atoms with Crippen molar-refractivity contribution >= 4 is 11.9 Å². The summed E-state index contributed by atoms with van der Waals surface area (Å²) in [6.07, 6.45) is 3.78. The van der Waals surface area contributed by atoms with E-state index in [4.69, 9.17) is 0 Å². The second-order valence-electron chi connectivity index (χ2n) is 7.96. The van der Waals surface area contributed by atoms with Gasteiger partial charge in [0.25, 0.3) is 0 Å². The number of carboxylic acids is 2. The highest BCUT2D eigenvalue weighted by molar-refractivity contribution is 5.73. The molecule has 1 aliphatic heterocycles. The summed E-state index contributed by atoms with van der Waals surface area (Å²) in [5, 5.41) is 22.5. The minimum atomic E-state index is -0.865. The van der Waals surface area contributed by atoms with E-state index in [1.54, 1.807) is 0 Å². The van der Waals surface area contributed by atoms with E-state index < -0.39 is 18.0 Å². The molecule has 6 nitrogen and oxygen atoms in total. The maximum absolute atomic E-state index is 11.9. The maximum atomic E-state index is 11.9. The van der Waals surface area contributed by atoms with Gasteiger partial charge in [-0.05, 0) is 43.2 Å². The third-order valence-electron chi connectivity index (χ3n) is 5.75. The minimum absolute atomic E-state index is 0.0293. The zero-order valence-corrected chi connectivity index (χ0v) is 17.1. The largest absolute Gasteiger partial charge is 0.480 e. The number of nitrogens with one attached hydrogen (secondary N) is 1. The molecule has 0 amide bonds. The summed E-state index contributed by atoms with van der Waals surface area (Å²) in [6, 6.07) is 19.1. The van der Waals surface area contributed by atoms with Gasteiger partial charge >= 0.3 is 11.9 Å². The summed E-state index contributed by atoms with van der Waals surface area (Å²) < 4.78 is 0. The standard InChI is InChI=1S/C24H30N2O4/c27-23(28)17-26-16-20(12-7-13-22(26)19-10-5-2-6-11-19)25-21(24(29)30)15-14-18-8-3-1-4-9-18/h1-6,8-11,20-22,25H,7,12-17H2,(H,27,28)(H,29,30). The van der Waals surface area contributed by atoms with Crippen LogP contribution in [0.25, 0.3) is 0 Å². The molecule has 1 heterocycles. The number of carboxylic acid groups (broad SMARTS) is 2. The topological polar surface area (TPSA) is 89.9 Å². The van der Waals surface area contributed by atoms with E-state index >= 15 is 0 Å². The van der Waals surface area contributed by atoms with Crippen molar-refractivity contribution in [2.24, 2.45) is 0 Å². The Hall–Kier alpha value is -2.70. The summed E-state index contributed by atoms with van der Waals surface area (Å²) in [7, 11) is 0. The Bertz CT molecular complexity index is 812. The van der Waals surface area contributed by atoms with Crippen LogP contribution in [0.15, 0.2) is 60.7 Å². The van der Waals surface area contributed by atoms with Gasteiger partial charge in [-0.1, -0.05) is 60.7 Å². The van der Waals surface area contributed by atoms with Crippen molar-refractivity contribution in [1.29, 1.82) is 0 Å². The summed E-state index contributed by atoms with van der Waals surface area (Å²) in [5.74, 6) is -1.73. The van der Waals surface area contributed by atoms with E-state index in [0.29, 0.717) is 19.4 Å². The number of rotatable bonds is 9. The summed E-state index contributed by atoms with van der Waals surface area (Å²) >= 11 is 0. The third kappa shape index (κ3) is 6.40. The van der Waals surface area contributed by atoms with Gasteiger partial charge in [-0.3, -0.25) is 14.5 Å². The molecule has 160 valence electrons. The van der Waals surface area contributed by atoms with Crippen molar-refractivity contribution in [2.75, 3.05) is 13.1 Å². The van der Waals surface area contributed by atoms with E-state index in [1.165, 1.54) is 0 Å². The van der Waals surface area contributed by atoms with Crippen molar-refractivity contribution in [3.05, 3.63) is 71.8 Å². The van der Waals surface area contributed by atoms with E-state index in [-0.39, 0.29) is 18.6 Å². The average Bonchev–Trinajstić information content (AvgIpc) is 2.93. The van der Waals surface area contributed by atoms with Gasteiger partial charge in [-0.15, -0.1) is 0 Å². The molecule has 0 spiro atoms. The number of hydrogen-bond acceptors (Lipinski definition) is 4. The Balaban J connectivity index is 1.68. The molecule has 6 heteroatoms. The number of aryl methyl sites for hydroxylation is 1. The lowest BCUT2D eigenvalue weighted by molar-refractivity contribution is -0.141. The summed E-state index contributed by atoms with van der Waals surface area (Å²) in [6.45, 7) is 0.459. The third-order valence-corrected chi connectivity index (χ3v) is 5.75. The predicted octanol–water partition coefficient (Wildman–Crippen LogP) is 3.34. The Morgan fingerprint density at radius 3 is 2.30 bits per heavy atom. The average molecular weight is 411 g/mol. The van der Waals surface area contributed by atoms with Crippen LogP contribution in [0.1, 0.15) is 42.9 Å². The van der Waals surface area contributed by atoms with Crippen LogP contribution in [0, 0.1) is 0 Å². The first-order chi connectivity index (χ1) is 14.5. The highest BCUT2D eigenvalue weighted by Gasteiger charge is 2.30. The molecule has 1 saturated heterocycles. The van der Waals surface area contributed by atoms with Crippen molar-refractivity contribution in [2.45, 2.75) is 50.2 Å². The fourth-order valence-electron chi connectivity index (χ4n) is 4.30. The van der Waals surface area contributed by atoms with Crippen LogP contribution in [-0.2, 0) is 16.0 Å². The highest BCUT2D eigenvalue weighted by atomic mass is 16.4. The van der Waals surface area contributed by atoms with Gasteiger partial charge < -0.3 is 15.5 Å². The molecule has 0 bridgehead atoms. The zero-order valence-electron chi connectivity index (χ0n) is 17.1. The first-order valence-corrected chi connectivity index (χ1v) is 10.6. The van der Waals surface area contributed by atoms with E-state index in [9.17, 15) is 19.8 Å². The van der Waals surface area contributed by atoms with Crippen LogP contribution in [0.2, 0.25) is 0 Å². The fourth-order valence-corrected chi connectivity index (χ4v) is 4.30. The molecular weight excluding hydrogens is 380 g/mol. The van der Waals surface area contributed by atoms with Crippen LogP contribution in [0.4, 0.5) is 0 Å². The second-order valence-corrected chi connectivity index (χ2v) is 7.96. The van der Waals surface area contributed by atoms with Crippen LogP contribution in [0.5, 0.6) is 0 Å². The number of nitrogens with zero attached hydrogens (tertiary/aromatic N) is 1. The summed E-state index contributed by atoms with van der Waals surface area (Å²) in [5.41, 5.74) is 2.22. The molecule has 0 aromatic heterocycles. The predicted molar refractivity (Wildman–Crippen MR) is 115 cm³/mol. The monoisotopic (exact) mass is 410 g/mol. The zero-order chi connectivity index (χ0) is 21.3. The Morgan fingerprint density at radius 2 is 1.67 bits per heavy atom. The molecule has 3 rings (SSSR count). The van der Waals surface area contributed by atoms with Crippen molar-refractivity contribution < 1.29 is 19.8 Å². The Morgan fingerprint density at radius 1 is 1.00 bits per heavy atom. The molecule has 0 radical (unpaired) electrons. The van der Waals surface area contributed by atoms with Crippen molar-refractivity contribution in [3.8, 4) is 0 Å². The molecule has 3 atom stereocenters. The molecule has 3 N–H and O–H groups in total. The number of benzene rings is 2. The Labute approximate surface area is 177 Å². The van der Waals surface area contributed by atoms with Gasteiger partial charge in [0.2, 0.25) is 0 Å². The quantitative estimate of drug-likeness (QED) is 0.587. The van der Waals surface area contributed by atoms with Gasteiger partial charge in [0.15, 0.2) is 0 Å². The number of hydrogen-bond donors (Lipinski definition) is 3. The number of carbonyl (C=O) groups is 2. The molecule has 0 aliphatic carbocycles. The maximum Gasteiger partial charge on any atom is 0.320 e. The molecule has 2 aromatic rings.